The number of carboxylic acids is 1. The molecule has 1 saturated carbocycles. The minimum Gasteiger partial charge on any atom is -0.479 e. The van der Waals surface area contributed by atoms with Gasteiger partial charge in [0.1, 0.15) is 0 Å². The number of carboxylic acid groups (broad SMARTS) is 1. The van der Waals surface area contributed by atoms with Crippen molar-refractivity contribution in [3.63, 3.8) is 0 Å². The van der Waals surface area contributed by atoms with Crippen LogP contribution in [0.25, 0.3) is 0 Å². The third kappa shape index (κ3) is 2.19. The molecule has 70 valence electrons. The van der Waals surface area contributed by atoms with Crippen molar-refractivity contribution in [3.8, 4) is 0 Å². The summed E-state index contributed by atoms with van der Waals surface area (Å²) in [4.78, 5) is 10.3. The van der Waals surface area contributed by atoms with E-state index >= 15 is 0 Å². The molecule has 2 nitrogen and oxygen atoms in total. The lowest BCUT2D eigenvalue weighted by Crippen LogP contribution is -2.28. The molecule has 0 bridgehead atoms. The maximum Gasteiger partial charge on any atom is 0.338 e. The molecule has 1 rings (SSSR count). The molecule has 1 atom stereocenters. The van der Waals surface area contributed by atoms with Crippen LogP contribution in [0, 0.1) is 11.8 Å². The van der Waals surface area contributed by atoms with E-state index in [9.17, 15) is 9.18 Å². The molecule has 0 radical (unpaired) electrons. The van der Waals surface area contributed by atoms with E-state index in [1.165, 1.54) is 0 Å². The molecule has 1 N–H and O–H groups in total. The molecule has 12 heavy (non-hydrogen) atoms. The summed E-state index contributed by atoms with van der Waals surface area (Å²) in [5.41, 5.74) is 0. The number of rotatable bonds is 2. The SMILES string of the molecule is CC1CCC(C(F)C(=O)O)CC1. The van der Waals surface area contributed by atoms with Crippen LogP contribution in [0.1, 0.15) is 32.6 Å². The van der Waals surface area contributed by atoms with Crippen molar-refractivity contribution < 1.29 is 14.3 Å². The lowest BCUT2D eigenvalue weighted by atomic mass is 9.81. The molecule has 0 aromatic carbocycles. The number of carbonyl (C=O) groups is 1. The Bertz CT molecular complexity index is 162. The monoisotopic (exact) mass is 174 g/mol. The zero-order valence-corrected chi connectivity index (χ0v) is 7.29. The normalized spacial score (nSPS) is 32.8. The van der Waals surface area contributed by atoms with E-state index in [0.717, 1.165) is 25.7 Å². The molecule has 3 heteroatoms. The highest BCUT2D eigenvalue weighted by atomic mass is 19.1. The lowest BCUT2D eigenvalue weighted by Gasteiger charge is -2.26. The van der Waals surface area contributed by atoms with Gasteiger partial charge in [-0.15, -0.1) is 0 Å². The van der Waals surface area contributed by atoms with Crippen molar-refractivity contribution in [2.75, 3.05) is 0 Å². The fourth-order valence-electron chi connectivity index (χ4n) is 1.78. The highest BCUT2D eigenvalue weighted by Gasteiger charge is 2.30. The molecular formula is C9H15FO2. The first-order chi connectivity index (χ1) is 5.61. The third-order valence-corrected chi connectivity index (χ3v) is 2.71. The number of hydrogen-bond donors (Lipinski definition) is 1. The molecule has 1 aliphatic carbocycles. The van der Waals surface area contributed by atoms with Gasteiger partial charge in [0.2, 0.25) is 0 Å². The summed E-state index contributed by atoms with van der Waals surface area (Å²) in [6, 6.07) is 0. The van der Waals surface area contributed by atoms with Crippen LogP contribution in [0.3, 0.4) is 0 Å². The van der Waals surface area contributed by atoms with Crippen molar-refractivity contribution in [2.24, 2.45) is 11.8 Å². The predicted molar refractivity (Wildman–Crippen MR) is 43.7 cm³/mol. The van der Waals surface area contributed by atoms with E-state index in [2.05, 4.69) is 6.92 Å². The Balaban J connectivity index is 2.39. The van der Waals surface area contributed by atoms with Gasteiger partial charge in [-0.25, -0.2) is 9.18 Å². The zero-order valence-electron chi connectivity index (χ0n) is 7.29. The molecule has 0 spiro atoms. The van der Waals surface area contributed by atoms with Crippen molar-refractivity contribution >= 4 is 5.97 Å². The topological polar surface area (TPSA) is 37.3 Å². The van der Waals surface area contributed by atoms with Crippen LogP contribution in [0.5, 0.6) is 0 Å². The lowest BCUT2D eigenvalue weighted by molar-refractivity contribution is -0.145. The maximum absolute atomic E-state index is 12.9. The Morgan fingerprint density at radius 1 is 1.42 bits per heavy atom. The second-order valence-corrected chi connectivity index (χ2v) is 3.76. The quantitative estimate of drug-likeness (QED) is 0.697. The van der Waals surface area contributed by atoms with Gasteiger partial charge in [-0.1, -0.05) is 19.8 Å². The van der Waals surface area contributed by atoms with E-state index in [1.807, 2.05) is 0 Å². The highest BCUT2D eigenvalue weighted by Crippen LogP contribution is 2.31. The molecule has 0 aromatic heterocycles. The first-order valence-electron chi connectivity index (χ1n) is 4.48. The summed E-state index contributed by atoms with van der Waals surface area (Å²) in [5.74, 6) is -0.893. The third-order valence-electron chi connectivity index (χ3n) is 2.71. The molecule has 1 fully saturated rings. The minimum absolute atomic E-state index is 0.237. The van der Waals surface area contributed by atoms with E-state index in [0.29, 0.717) is 5.92 Å². The van der Waals surface area contributed by atoms with Crippen molar-refractivity contribution in [3.05, 3.63) is 0 Å². The van der Waals surface area contributed by atoms with Gasteiger partial charge in [-0.05, 0) is 18.8 Å². The summed E-state index contributed by atoms with van der Waals surface area (Å²) >= 11 is 0. The fourth-order valence-corrected chi connectivity index (χ4v) is 1.78. The largest absolute Gasteiger partial charge is 0.479 e. The molecule has 0 amide bonds. The zero-order chi connectivity index (χ0) is 9.14. The second-order valence-electron chi connectivity index (χ2n) is 3.76. The van der Waals surface area contributed by atoms with Gasteiger partial charge in [0.15, 0.2) is 6.17 Å². The molecule has 0 aliphatic heterocycles. The summed E-state index contributed by atoms with van der Waals surface area (Å²) in [6.07, 6.45) is 1.76. The molecule has 0 saturated heterocycles. The first-order valence-corrected chi connectivity index (χ1v) is 4.48. The molecule has 1 unspecified atom stereocenters. The fraction of sp³-hybridized carbons (Fsp3) is 0.889. The van der Waals surface area contributed by atoms with Crippen LogP contribution in [-0.4, -0.2) is 17.2 Å². The van der Waals surface area contributed by atoms with E-state index in [1.54, 1.807) is 0 Å². The van der Waals surface area contributed by atoms with Gasteiger partial charge in [0.25, 0.3) is 0 Å². The number of alkyl halides is 1. The summed E-state index contributed by atoms with van der Waals surface area (Å²) in [7, 11) is 0. The Labute approximate surface area is 71.8 Å². The van der Waals surface area contributed by atoms with E-state index < -0.39 is 12.1 Å². The highest BCUT2D eigenvalue weighted by molar-refractivity contribution is 5.72. The van der Waals surface area contributed by atoms with E-state index in [4.69, 9.17) is 5.11 Å². The molecular weight excluding hydrogens is 159 g/mol. The molecule has 0 heterocycles. The van der Waals surface area contributed by atoms with Crippen LogP contribution in [-0.2, 0) is 4.79 Å². The van der Waals surface area contributed by atoms with Crippen molar-refractivity contribution in [1.29, 1.82) is 0 Å². The first kappa shape index (κ1) is 9.49. The molecule has 0 aromatic rings. The standard InChI is InChI=1S/C9H15FO2/c1-6-2-4-7(5-3-6)8(10)9(11)12/h6-8H,2-5H2,1H3,(H,11,12). The van der Waals surface area contributed by atoms with Crippen LogP contribution in [0.2, 0.25) is 0 Å². The Kier molecular flexibility index (Phi) is 3.06. The van der Waals surface area contributed by atoms with Crippen molar-refractivity contribution in [1.82, 2.24) is 0 Å². The van der Waals surface area contributed by atoms with Crippen LogP contribution < -0.4 is 0 Å². The van der Waals surface area contributed by atoms with Gasteiger partial charge < -0.3 is 5.11 Å². The number of halogens is 1. The summed E-state index contributed by atoms with van der Waals surface area (Å²) < 4.78 is 12.9. The molecule has 1 aliphatic rings. The van der Waals surface area contributed by atoms with E-state index in [-0.39, 0.29) is 5.92 Å². The second kappa shape index (κ2) is 3.87. The van der Waals surface area contributed by atoms with Crippen LogP contribution >= 0.6 is 0 Å². The summed E-state index contributed by atoms with van der Waals surface area (Å²) in [5, 5.41) is 8.43. The van der Waals surface area contributed by atoms with Gasteiger partial charge in [0, 0.05) is 5.92 Å². The Morgan fingerprint density at radius 2 is 1.92 bits per heavy atom. The van der Waals surface area contributed by atoms with Gasteiger partial charge in [0.05, 0.1) is 0 Å². The minimum atomic E-state index is -1.64. The summed E-state index contributed by atoms with van der Waals surface area (Å²) in [6.45, 7) is 2.13. The smallest absolute Gasteiger partial charge is 0.338 e. The predicted octanol–water partition coefficient (Wildman–Crippen LogP) is 2.24. The average Bonchev–Trinajstić information content (AvgIpc) is 2.04. The Hall–Kier alpha value is -0.600. The van der Waals surface area contributed by atoms with Crippen molar-refractivity contribution in [2.45, 2.75) is 38.8 Å². The maximum atomic E-state index is 12.9. The van der Waals surface area contributed by atoms with Gasteiger partial charge in [-0.2, -0.15) is 0 Å². The number of aliphatic carboxylic acids is 1. The van der Waals surface area contributed by atoms with Crippen LogP contribution in [0.15, 0.2) is 0 Å². The van der Waals surface area contributed by atoms with Crippen LogP contribution in [0.4, 0.5) is 4.39 Å². The van der Waals surface area contributed by atoms with Gasteiger partial charge >= 0.3 is 5.97 Å². The number of hydrogen-bond acceptors (Lipinski definition) is 1. The Morgan fingerprint density at radius 3 is 2.33 bits per heavy atom. The average molecular weight is 174 g/mol. The van der Waals surface area contributed by atoms with Gasteiger partial charge in [-0.3, -0.25) is 0 Å².